The summed E-state index contributed by atoms with van der Waals surface area (Å²) in [4.78, 5) is 7.99. The molecule has 6 nitrogen and oxygen atoms in total. The maximum Gasteiger partial charge on any atom is 0.223 e. The van der Waals surface area contributed by atoms with Gasteiger partial charge in [0.05, 0.1) is 11.7 Å². The molecule has 0 radical (unpaired) electrons. The molecule has 2 heterocycles. The maximum atomic E-state index is 5.91. The minimum absolute atomic E-state index is 0.00855. The number of para-hydroxylation sites is 1. The summed E-state index contributed by atoms with van der Waals surface area (Å²) in [5, 5.41) is 7.88. The van der Waals surface area contributed by atoms with Crippen molar-refractivity contribution in [2.24, 2.45) is 0 Å². The minimum atomic E-state index is -0.00855. The second-order valence-electron chi connectivity index (χ2n) is 4.81. The molecular weight excluding hydrogens is 300 g/mol. The average molecular weight is 315 g/mol. The Kier molecular flexibility index (Phi) is 3.93. The Hall–Kier alpha value is -2.60. The second-order valence-corrected chi connectivity index (χ2v) is 5.20. The fourth-order valence-electron chi connectivity index (χ4n) is 2.28. The first-order chi connectivity index (χ1) is 10.6. The highest BCUT2D eigenvalue weighted by Crippen LogP contribution is 2.25. The number of benzene rings is 1. The van der Waals surface area contributed by atoms with E-state index in [1.807, 2.05) is 48.1 Å². The third kappa shape index (κ3) is 3.01. The molecule has 2 aromatic heterocycles. The van der Waals surface area contributed by atoms with Crippen molar-refractivity contribution in [3.63, 3.8) is 0 Å². The molecule has 0 bridgehead atoms. The van der Waals surface area contributed by atoms with Gasteiger partial charge in [-0.15, -0.1) is 0 Å². The van der Waals surface area contributed by atoms with Gasteiger partial charge >= 0.3 is 0 Å². The monoisotopic (exact) mass is 314 g/mol. The molecule has 0 aliphatic carbocycles. The number of hydrogen-bond donors (Lipinski definition) is 2. The van der Waals surface area contributed by atoms with E-state index in [0.29, 0.717) is 11.0 Å². The molecule has 3 aromatic rings. The molecule has 22 heavy (non-hydrogen) atoms. The van der Waals surface area contributed by atoms with E-state index in [-0.39, 0.29) is 12.0 Å². The van der Waals surface area contributed by atoms with Crippen LogP contribution in [0.5, 0.6) is 0 Å². The number of anilines is 2. The predicted molar refractivity (Wildman–Crippen MR) is 87.1 cm³/mol. The summed E-state index contributed by atoms with van der Waals surface area (Å²) >= 11 is 5.91. The van der Waals surface area contributed by atoms with Crippen LogP contribution in [0.4, 0.5) is 11.8 Å². The van der Waals surface area contributed by atoms with Crippen LogP contribution in [0.2, 0.25) is 5.15 Å². The van der Waals surface area contributed by atoms with Gasteiger partial charge in [-0.1, -0.05) is 29.8 Å². The van der Waals surface area contributed by atoms with E-state index in [4.69, 9.17) is 17.3 Å². The van der Waals surface area contributed by atoms with Gasteiger partial charge in [-0.05, 0) is 24.6 Å². The minimum Gasteiger partial charge on any atom is -0.368 e. The molecule has 112 valence electrons. The van der Waals surface area contributed by atoms with E-state index in [1.165, 1.54) is 0 Å². The second kappa shape index (κ2) is 6.03. The highest BCUT2D eigenvalue weighted by molar-refractivity contribution is 6.29. The van der Waals surface area contributed by atoms with Crippen LogP contribution in [-0.2, 0) is 0 Å². The lowest BCUT2D eigenvalue weighted by Gasteiger charge is -2.18. The van der Waals surface area contributed by atoms with Gasteiger partial charge in [0.15, 0.2) is 0 Å². The number of halogens is 1. The predicted octanol–water partition coefficient (Wildman–Crippen LogP) is 3.07. The SMILES string of the molecule is CC(Nc1cc(Cl)nc(N)n1)c1ccccc1-n1cccn1. The normalized spacial score (nSPS) is 12.1. The Balaban J connectivity index is 1.91. The van der Waals surface area contributed by atoms with Crippen molar-refractivity contribution < 1.29 is 0 Å². The first-order valence-electron chi connectivity index (χ1n) is 6.79. The van der Waals surface area contributed by atoms with Crippen molar-refractivity contribution >= 4 is 23.4 Å². The number of nitrogens with two attached hydrogens (primary N) is 1. The molecule has 0 amide bonds. The molecule has 0 fully saturated rings. The first-order valence-corrected chi connectivity index (χ1v) is 7.17. The van der Waals surface area contributed by atoms with Crippen molar-refractivity contribution in [2.45, 2.75) is 13.0 Å². The van der Waals surface area contributed by atoms with Crippen molar-refractivity contribution in [3.8, 4) is 5.69 Å². The van der Waals surface area contributed by atoms with E-state index < -0.39 is 0 Å². The number of nitrogens with one attached hydrogen (secondary N) is 1. The zero-order chi connectivity index (χ0) is 15.5. The van der Waals surface area contributed by atoms with Crippen LogP contribution in [0.15, 0.2) is 48.8 Å². The fraction of sp³-hybridized carbons (Fsp3) is 0.133. The number of hydrogen-bond acceptors (Lipinski definition) is 5. The van der Waals surface area contributed by atoms with Crippen molar-refractivity contribution in [1.29, 1.82) is 0 Å². The molecule has 7 heteroatoms. The third-order valence-corrected chi connectivity index (χ3v) is 3.42. The quantitative estimate of drug-likeness (QED) is 0.723. The van der Waals surface area contributed by atoms with Gasteiger partial charge in [0.25, 0.3) is 0 Å². The van der Waals surface area contributed by atoms with E-state index in [1.54, 1.807) is 12.3 Å². The van der Waals surface area contributed by atoms with Crippen molar-refractivity contribution in [1.82, 2.24) is 19.7 Å². The summed E-state index contributed by atoms with van der Waals surface area (Å²) in [7, 11) is 0. The van der Waals surface area contributed by atoms with Gasteiger partial charge < -0.3 is 11.1 Å². The van der Waals surface area contributed by atoms with Gasteiger partial charge in [0.2, 0.25) is 5.95 Å². The lowest BCUT2D eigenvalue weighted by molar-refractivity contribution is 0.814. The van der Waals surface area contributed by atoms with E-state index in [2.05, 4.69) is 20.4 Å². The van der Waals surface area contributed by atoms with Gasteiger partial charge in [-0.25, -0.2) is 9.67 Å². The summed E-state index contributed by atoms with van der Waals surface area (Å²) in [6.45, 7) is 2.04. The van der Waals surface area contributed by atoms with Crippen LogP contribution >= 0.6 is 11.6 Å². The Morgan fingerprint density at radius 2 is 2.05 bits per heavy atom. The Bertz CT molecular complexity index is 751. The fourth-order valence-corrected chi connectivity index (χ4v) is 2.47. The molecule has 1 unspecified atom stereocenters. The van der Waals surface area contributed by atoms with Crippen LogP contribution in [-0.4, -0.2) is 19.7 Å². The van der Waals surface area contributed by atoms with E-state index >= 15 is 0 Å². The molecule has 1 aromatic carbocycles. The largest absolute Gasteiger partial charge is 0.368 e. The summed E-state index contributed by atoms with van der Waals surface area (Å²) in [5.74, 6) is 0.725. The highest BCUT2D eigenvalue weighted by Gasteiger charge is 2.13. The van der Waals surface area contributed by atoms with Gasteiger partial charge in [0.1, 0.15) is 11.0 Å². The lowest BCUT2D eigenvalue weighted by Crippen LogP contribution is -2.12. The van der Waals surface area contributed by atoms with Gasteiger partial charge in [-0.2, -0.15) is 10.1 Å². The topological polar surface area (TPSA) is 81.6 Å². The molecule has 0 spiro atoms. The molecule has 3 rings (SSSR count). The van der Waals surface area contributed by atoms with Crippen LogP contribution in [0.1, 0.15) is 18.5 Å². The summed E-state index contributed by atoms with van der Waals surface area (Å²) < 4.78 is 1.83. The van der Waals surface area contributed by atoms with Gasteiger partial charge in [0, 0.05) is 18.5 Å². The Morgan fingerprint density at radius 3 is 2.77 bits per heavy atom. The average Bonchev–Trinajstić information content (AvgIpc) is 3.00. The van der Waals surface area contributed by atoms with E-state index in [0.717, 1.165) is 11.3 Å². The molecule has 3 N–H and O–H groups in total. The Morgan fingerprint density at radius 1 is 1.23 bits per heavy atom. The smallest absolute Gasteiger partial charge is 0.223 e. The summed E-state index contributed by atoms with van der Waals surface area (Å²) in [6, 6.07) is 11.5. The molecular formula is C15H15ClN6. The Labute approximate surface area is 133 Å². The summed E-state index contributed by atoms with van der Waals surface area (Å²) in [6.07, 6.45) is 3.66. The molecule has 0 saturated carbocycles. The molecule has 1 atom stereocenters. The highest BCUT2D eigenvalue weighted by atomic mass is 35.5. The number of nitrogen functional groups attached to an aromatic ring is 1. The molecule has 0 saturated heterocycles. The molecule has 0 aliphatic heterocycles. The third-order valence-electron chi connectivity index (χ3n) is 3.23. The number of rotatable bonds is 4. The zero-order valence-electron chi connectivity index (χ0n) is 11.9. The molecule has 0 aliphatic rings. The number of aromatic nitrogens is 4. The lowest BCUT2D eigenvalue weighted by atomic mass is 10.1. The van der Waals surface area contributed by atoms with E-state index in [9.17, 15) is 0 Å². The van der Waals surface area contributed by atoms with Crippen molar-refractivity contribution in [3.05, 3.63) is 59.5 Å². The van der Waals surface area contributed by atoms with Gasteiger partial charge in [-0.3, -0.25) is 0 Å². The first kappa shape index (κ1) is 14.3. The van der Waals surface area contributed by atoms with Crippen LogP contribution in [0.3, 0.4) is 0 Å². The van der Waals surface area contributed by atoms with Crippen LogP contribution in [0.25, 0.3) is 5.69 Å². The summed E-state index contributed by atoms with van der Waals surface area (Å²) in [5.41, 5.74) is 7.70. The van der Waals surface area contributed by atoms with Crippen LogP contribution < -0.4 is 11.1 Å². The zero-order valence-corrected chi connectivity index (χ0v) is 12.7. The van der Waals surface area contributed by atoms with Crippen molar-refractivity contribution in [2.75, 3.05) is 11.1 Å². The standard InChI is InChI=1S/C15H15ClN6/c1-10(19-14-9-13(16)20-15(17)21-14)11-5-2-3-6-12(11)22-8-4-7-18-22/h2-10H,1H3,(H3,17,19,20,21). The number of nitrogens with zero attached hydrogens (tertiary/aromatic N) is 4. The maximum absolute atomic E-state index is 5.91. The van der Waals surface area contributed by atoms with Crippen LogP contribution in [0, 0.1) is 0 Å².